The zero-order valence-electron chi connectivity index (χ0n) is 18.4. The van der Waals surface area contributed by atoms with E-state index < -0.39 is 46.7 Å². The molecule has 32 heavy (non-hydrogen) atoms. The first kappa shape index (κ1) is 27.3. The van der Waals surface area contributed by atoms with E-state index in [2.05, 4.69) is 5.32 Å². The molecule has 1 aromatic carbocycles. The molecular formula is C20H29NO10S. The summed E-state index contributed by atoms with van der Waals surface area (Å²) in [5.74, 6) is -1.54. The van der Waals surface area contributed by atoms with Gasteiger partial charge in [0.2, 0.25) is 12.2 Å². The predicted molar refractivity (Wildman–Crippen MR) is 112 cm³/mol. The summed E-state index contributed by atoms with van der Waals surface area (Å²) >= 11 is 0. The van der Waals surface area contributed by atoms with Gasteiger partial charge in [-0.15, -0.1) is 0 Å². The Labute approximate surface area is 187 Å². The number of benzene rings is 1. The van der Waals surface area contributed by atoms with Crippen molar-refractivity contribution in [1.29, 1.82) is 0 Å². The van der Waals surface area contributed by atoms with Gasteiger partial charge in [-0.25, -0.2) is 9.59 Å². The minimum atomic E-state index is -3.94. The number of nitrogens with one attached hydrogen (secondary N) is 1. The van der Waals surface area contributed by atoms with Crippen molar-refractivity contribution < 1.29 is 46.3 Å². The number of amides is 1. The third-order valence-electron chi connectivity index (χ3n) is 4.01. The van der Waals surface area contributed by atoms with Crippen molar-refractivity contribution in [3.63, 3.8) is 0 Å². The Hall–Kier alpha value is -2.70. The lowest BCUT2D eigenvalue weighted by Gasteiger charge is -2.29. The van der Waals surface area contributed by atoms with E-state index in [1.807, 2.05) is 0 Å². The highest BCUT2D eigenvalue weighted by Gasteiger charge is 2.37. The molecule has 180 valence electrons. The number of aliphatic hydroxyl groups is 1. The van der Waals surface area contributed by atoms with Gasteiger partial charge in [0, 0.05) is 25.8 Å². The van der Waals surface area contributed by atoms with Crippen molar-refractivity contribution in [2.24, 2.45) is 5.41 Å². The van der Waals surface area contributed by atoms with E-state index in [1.165, 1.54) is 39.8 Å². The Kier molecular flexibility index (Phi) is 10.6. The molecule has 0 spiro atoms. The maximum absolute atomic E-state index is 12.2. The summed E-state index contributed by atoms with van der Waals surface area (Å²) in [7, 11) is -3.94. The molecule has 2 atom stereocenters. The van der Waals surface area contributed by atoms with Gasteiger partial charge in [-0.2, -0.15) is 8.42 Å². The van der Waals surface area contributed by atoms with Crippen molar-refractivity contribution in [3.05, 3.63) is 30.3 Å². The molecule has 1 amide bonds. The summed E-state index contributed by atoms with van der Waals surface area (Å²) in [6, 6.07) is 8.08. The molecule has 1 unspecified atom stereocenters. The third-order valence-corrected chi connectivity index (χ3v) is 5.27. The highest BCUT2D eigenvalue weighted by atomic mass is 32.2. The Morgan fingerprint density at radius 2 is 1.75 bits per heavy atom. The molecule has 0 radical (unpaired) electrons. The van der Waals surface area contributed by atoms with Crippen LogP contribution in [-0.4, -0.2) is 62.9 Å². The van der Waals surface area contributed by atoms with Crippen LogP contribution in [-0.2, 0) is 33.4 Å². The van der Waals surface area contributed by atoms with E-state index in [0.29, 0.717) is 0 Å². The van der Waals surface area contributed by atoms with Crippen molar-refractivity contribution >= 4 is 28.1 Å². The lowest BCUT2D eigenvalue weighted by Crippen LogP contribution is -2.43. The van der Waals surface area contributed by atoms with E-state index in [9.17, 15) is 27.9 Å². The van der Waals surface area contributed by atoms with Gasteiger partial charge in [-0.1, -0.05) is 32.0 Å². The number of esters is 1. The van der Waals surface area contributed by atoms with E-state index in [0.717, 1.165) is 0 Å². The molecule has 0 saturated heterocycles. The van der Waals surface area contributed by atoms with Crippen molar-refractivity contribution in [3.8, 4) is 5.75 Å². The van der Waals surface area contributed by atoms with E-state index >= 15 is 0 Å². The fourth-order valence-corrected chi connectivity index (χ4v) is 3.31. The summed E-state index contributed by atoms with van der Waals surface area (Å²) in [5.41, 5.74) is -1.34. The summed E-state index contributed by atoms with van der Waals surface area (Å²) in [6.45, 7) is 5.03. The normalized spacial score (nSPS) is 13.5. The van der Waals surface area contributed by atoms with Crippen LogP contribution in [0.4, 0.5) is 4.79 Å². The Bertz CT molecular complexity index is 870. The highest BCUT2D eigenvalue weighted by molar-refractivity contribution is 7.86. The molecule has 1 aromatic rings. The summed E-state index contributed by atoms with van der Waals surface area (Å²) in [5, 5.41) is 12.7. The molecule has 2 N–H and O–H groups in total. The van der Waals surface area contributed by atoms with Crippen LogP contribution in [0, 0.1) is 5.41 Å². The van der Waals surface area contributed by atoms with Gasteiger partial charge in [0.15, 0.2) is 6.10 Å². The molecule has 0 aliphatic heterocycles. The molecule has 0 bridgehead atoms. The molecule has 0 fully saturated rings. The fourth-order valence-electron chi connectivity index (χ4n) is 2.21. The molecule has 0 aromatic heterocycles. The zero-order chi connectivity index (χ0) is 24.4. The largest absolute Gasteiger partial charge is 0.516 e. The molecule has 0 aliphatic carbocycles. The molecule has 1 rings (SSSR count). The average Bonchev–Trinajstić information content (AvgIpc) is 2.69. The smallest absolute Gasteiger partial charge is 0.423 e. The molecule has 0 saturated carbocycles. The summed E-state index contributed by atoms with van der Waals surface area (Å²) in [4.78, 5) is 34.7. The SMILES string of the molecule is CC(=O)NCCCS(=O)(=O)OCC(C)(C)[C@@H](O)C(=O)OC(C)OC(=O)Oc1ccccc1. The van der Waals surface area contributed by atoms with E-state index in [4.69, 9.17) is 18.4 Å². The van der Waals surface area contributed by atoms with Gasteiger partial charge in [0.05, 0.1) is 12.4 Å². The Morgan fingerprint density at radius 3 is 2.34 bits per heavy atom. The van der Waals surface area contributed by atoms with Crippen molar-refractivity contribution in [2.45, 2.75) is 46.5 Å². The number of ether oxygens (including phenoxy) is 3. The Morgan fingerprint density at radius 1 is 1.12 bits per heavy atom. The van der Waals surface area contributed by atoms with Gasteiger partial charge in [-0.05, 0) is 18.6 Å². The van der Waals surface area contributed by atoms with Crippen LogP contribution in [0.25, 0.3) is 0 Å². The van der Waals surface area contributed by atoms with Gasteiger partial charge in [0.25, 0.3) is 10.1 Å². The van der Waals surface area contributed by atoms with E-state index in [-0.39, 0.29) is 30.4 Å². The topological polar surface area (TPSA) is 155 Å². The molecule has 0 heterocycles. The van der Waals surface area contributed by atoms with E-state index in [1.54, 1.807) is 18.2 Å². The van der Waals surface area contributed by atoms with Crippen LogP contribution < -0.4 is 10.1 Å². The second kappa shape index (κ2) is 12.4. The second-order valence-electron chi connectivity index (χ2n) is 7.54. The molecular weight excluding hydrogens is 446 g/mol. The van der Waals surface area contributed by atoms with Crippen molar-refractivity contribution in [1.82, 2.24) is 5.32 Å². The monoisotopic (exact) mass is 475 g/mol. The second-order valence-corrected chi connectivity index (χ2v) is 9.30. The van der Waals surface area contributed by atoms with Crippen LogP contribution >= 0.6 is 0 Å². The Balaban J connectivity index is 2.49. The minimum absolute atomic E-state index is 0.140. The van der Waals surface area contributed by atoms with Crippen LogP contribution in [0.2, 0.25) is 0 Å². The van der Waals surface area contributed by atoms with Crippen LogP contribution in [0.1, 0.15) is 34.1 Å². The maximum atomic E-state index is 12.2. The lowest BCUT2D eigenvalue weighted by molar-refractivity contribution is -0.183. The number of rotatable bonds is 12. The minimum Gasteiger partial charge on any atom is -0.423 e. The van der Waals surface area contributed by atoms with Crippen LogP contribution in [0.15, 0.2) is 30.3 Å². The zero-order valence-corrected chi connectivity index (χ0v) is 19.2. The lowest BCUT2D eigenvalue weighted by atomic mass is 9.88. The molecule has 0 aliphatic rings. The number of aliphatic hydroxyl groups excluding tert-OH is 1. The number of hydrogen-bond donors (Lipinski definition) is 2. The number of carbonyl (C=O) groups excluding carboxylic acids is 3. The number of carbonyl (C=O) groups is 3. The summed E-state index contributed by atoms with van der Waals surface area (Å²) < 4.78 is 43.4. The van der Waals surface area contributed by atoms with Crippen LogP contribution in [0.5, 0.6) is 5.75 Å². The predicted octanol–water partition coefficient (Wildman–Crippen LogP) is 1.35. The first-order chi connectivity index (χ1) is 14.8. The van der Waals surface area contributed by atoms with Crippen LogP contribution in [0.3, 0.4) is 0 Å². The first-order valence-electron chi connectivity index (χ1n) is 9.76. The number of hydrogen-bond acceptors (Lipinski definition) is 10. The quantitative estimate of drug-likeness (QED) is 0.149. The van der Waals surface area contributed by atoms with Crippen molar-refractivity contribution in [2.75, 3.05) is 18.9 Å². The molecule has 12 heteroatoms. The van der Waals surface area contributed by atoms with Gasteiger partial charge in [0.1, 0.15) is 5.75 Å². The average molecular weight is 476 g/mol. The first-order valence-corrected chi connectivity index (χ1v) is 11.3. The van der Waals surface area contributed by atoms with Gasteiger partial charge < -0.3 is 24.6 Å². The maximum Gasteiger partial charge on any atom is 0.516 e. The highest BCUT2D eigenvalue weighted by Crippen LogP contribution is 2.24. The molecule has 11 nitrogen and oxygen atoms in total. The summed E-state index contributed by atoms with van der Waals surface area (Å²) in [6.07, 6.45) is -4.12. The van der Waals surface area contributed by atoms with Gasteiger partial charge in [-0.3, -0.25) is 8.98 Å². The standard InChI is InChI=1S/C20H29NO10S/c1-14(22)21-11-8-12-32(26,27)28-13-20(3,4)17(23)18(24)29-15(2)30-19(25)31-16-9-6-5-7-10-16/h5-7,9-10,15,17,23H,8,11-13H2,1-4H3,(H,21,22)/t15?,17-/m0/s1. The van der Waals surface area contributed by atoms with Gasteiger partial charge >= 0.3 is 12.1 Å². The third kappa shape index (κ3) is 10.6. The number of para-hydroxylation sites is 1. The fraction of sp³-hybridized carbons (Fsp3) is 0.550.